The monoisotopic (exact) mass is 293 g/mol. The number of carboxylic acid groups (broad SMARTS) is 1. The average molecular weight is 293 g/mol. The van der Waals surface area contributed by atoms with E-state index in [-0.39, 0.29) is 31.2 Å². The summed E-state index contributed by atoms with van der Waals surface area (Å²) in [4.78, 5) is 13.0. The minimum absolute atomic E-state index is 0.154. The van der Waals surface area contributed by atoms with Crippen LogP contribution in [0, 0.1) is 11.8 Å². The normalized spacial score (nSPS) is 33.0. The number of hydrogen-bond acceptors (Lipinski definition) is 2. The SMILES string of the molecule is O=C(O)CC1CCCN(C2CCC(C(F)(F)F)CC2)C1. The van der Waals surface area contributed by atoms with Gasteiger partial charge in [-0.25, -0.2) is 0 Å². The number of likely N-dealkylation sites (tertiary alicyclic amines) is 1. The van der Waals surface area contributed by atoms with Crippen LogP contribution in [-0.4, -0.2) is 41.3 Å². The van der Waals surface area contributed by atoms with Gasteiger partial charge in [0, 0.05) is 19.0 Å². The maximum Gasteiger partial charge on any atom is 0.391 e. The highest BCUT2D eigenvalue weighted by atomic mass is 19.4. The summed E-state index contributed by atoms with van der Waals surface area (Å²) in [7, 11) is 0. The van der Waals surface area contributed by atoms with Gasteiger partial charge in [-0.1, -0.05) is 0 Å². The Morgan fingerprint density at radius 2 is 1.80 bits per heavy atom. The number of rotatable bonds is 3. The van der Waals surface area contributed by atoms with Gasteiger partial charge in [0.05, 0.1) is 5.92 Å². The minimum Gasteiger partial charge on any atom is -0.481 e. The van der Waals surface area contributed by atoms with Gasteiger partial charge >= 0.3 is 12.1 Å². The van der Waals surface area contributed by atoms with E-state index < -0.39 is 18.1 Å². The number of piperidine rings is 1. The fraction of sp³-hybridized carbons (Fsp3) is 0.929. The zero-order chi connectivity index (χ0) is 14.8. The molecule has 2 rings (SSSR count). The first-order valence-corrected chi connectivity index (χ1v) is 7.39. The highest BCUT2D eigenvalue weighted by Gasteiger charge is 2.42. The third kappa shape index (κ3) is 4.11. The van der Waals surface area contributed by atoms with Gasteiger partial charge in [0.25, 0.3) is 0 Å². The van der Waals surface area contributed by atoms with Crippen LogP contribution in [0.2, 0.25) is 0 Å². The molecule has 116 valence electrons. The zero-order valence-electron chi connectivity index (χ0n) is 11.5. The molecule has 3 nitrogen and oxygen atoms in total. The van der Waals surface area contributed by atoms with Gasteiger partial charge in [-0.2, -0.15) is 13.2 Å². The van der Waals surface area contributed by atoms with Crippen molar-refractivity contribution in [3.8, 4) is 0 Å². The van der Waals surface area contributed by atoms with Gasteiger partial charge in [0.1, 0.15) is 0 Å². The molecule has 0 aromatic rings. The summed E-state index contributed by atoms with van der Waals surface area (Å²) in [5, 5.41) is 8.84. The van der Waals surface area contributed by atoms with E-state index in [2.05, 4.69) is 4.90 Å². The lowest BCUT2D eigenvalue weighted by atomic mass is 9.83. The molecule has 2 aliphatic rings. The predicted molar refractivity (Wildman–Crippen MR) is 68.4 cm³/mol. The number of nitrogens with zero attached hydrogens (tertiary/aromatic N) is 1. The maximum absolute atomic E-state index is 12.6. The quantitative estimate of drug-likeness (QED) is 0.868. The van der Waals surface area contributed by atoms with Crippen molar-refractivity contribution >= 4 is 5.97 Å². The predicted octanol–water partition coefficient (Wildman–Crippen LogP) is 3.29. The van der Waals surface area contributed by atoms with E-state index in [1.165, 1.54) is 0 Å². The number of carbonyl (C=O) groups is 1. The number of carboxylic acids is 1. The van der Waals surface area contributed by atoms with E-state index in [9.17, 15) is 18.0 Å². The van der Waals surface area contributed by atoms with Gasteiger partial charge in [-0.05, 0) is 51.0 Å². The van der Waals surface area contributed by atoms with Crippen LogP contribution in [0.15, 0.2) is 0 Å². The maximum atomic E-state index is 12.6. The Morgan fingerprint density at radius 1 is 1.15 bits per heavy atom. The standard InChI is InChI=1S/C14H22F3NO2/c15-14(16,17)11-3-5-12(6-4-11)18-7-1-2-10(9-18)8-13(19)20/h10-12H,1-9H2,(H,19,20). The second kappa shape index (κ2) is 6.33. The van der Waals surface area contributed by atoms with Crippen molar-refractivity contribution in [1.29, 1.82) is 0 Å². The fourth-order valence-electron chi connectivity index (χ4n) is 3.61. The summed E-state index contributed by atoms with van der Waals surface area (Å²) in [6, 6.07) is 0.213. The molecule has 1 unspecified atom stereocenters. The van der Waals surface area contributed by atoms with E-state index in [0.29, 0.717) is 12.8 Å². The lowest BCUT2D eigenvalue weighted by molar-refractivity contribution is -0.184. The third-order valence-electron chi connectivity index (χ3n) is 4.69. The fourth-order valence-corrected chi connectivity index (χ4v) is 3.61. The second-order valence-corrected chi connectivity index (χ2v) is 6.15. The van der Waals surface area contributed by atoms with Crippen LogP contribution in [0.25, 0.3) is 0 Å². The van der Waals surface area contributed by atoms with Crippen LogP contribution < -0.4 is 0 Å². The van der Waals surface area contributed by atoms with Crippen molar-refractivity contribution in [2.75, 3.05) is 13.1 Å². The first kappa shape index (κ1) is 15.6. The molecular formula is C14H22F3NO2. The van der Waals surface area contributed by atoms with E-state index >= 15 is 0 Å². The van der Waals surface area contributed by atoms with Crippen LogP contribution in [-0.2, 0) is 4.79 Å². The summed E-state index contributed by atoms with van der Waals surface area (Å²) < 4.78 is 37.9. The average Bonchev–Trinajstić information content (AvgIpc) is 2.37. The molecule has 20 heavy (non-hydrogen) atoms. The Kier molecular flexibility index (Phi) is 4.94. The Bertz CT molecular complexity index is 338. The number of aliphatic carboxylic acids is 1. The van der Waals surface area contributed by atoms with Crippen molar-refractivity contribution in [3.63, 3.8) is 0 Å². The van der Waals surface area contributed by atoms with Crippen molar-refractivity contribution < 1.29 is 23.1 Å². The van der Waals surface area contributed by atoms with Gasteiger partial charge in [0.15, 0.2) is 0 Å². The smallest absolute Gasteiger partial charge is 0.391 e. The second-order valence-electron chi connectivity index (χ2n) is 6.15. The van der Waals surface area contributed by atoms with Gasteiger partial charge < -0.3 is 10.0 Å². The van der Waals surface area contributed by atoms with Crippen molar-refractivity contribution in [1.82, 2.24) is 4.90 Å². The molecule has 0 aromatic heterocycles. The molecule has 1 aliphatic heterocycles. The molecule has 1 saturated carbocycles. The van der Waals surface area contributed by atoms with Crippen molar-refractivity contribution in [2.45, 2.75) is 57.2 Å². The lowest BCUT2D eigenvalue weighted by Gasteiger charge is -2.41. The van der Waals surface area contributed by atoms with Crippen molar-refractivity contribution in [2.24, 2.45) is 11.8 Å². The highest BCUT2D eigenvalue weighted by molar-refractivity contribution is 5.67. The van der Waals surface area contributed by atoms with Crippen LogP contribution in [0.4, 0.5) is 13.2 Å². The summed E-state index contributed by atoms with van der Waals surface area (Å²) in [6.07, 6.45) is -0.401. The molecule has 0 amide bonds. The van der Waals surface area contributed by atoms with Crippen LogP contribution in [0.1, 0.15) is 44.9 Å². The molecule has 1 heterocycles. The molecule has 1 atom stereocenters. The van der Waals surface area contributed by atoms with Gasteiger partial charge in [-0.3, -0.25) is 4.79 Å². The highest BCUT2D eigenvalue weighted by Crippen LogP contribution is 2.39. The van der Waals surface area contributed by atoms with Gasteiger partial charge in [0.2, 0.25) is 0 Å². The molecule has 0 spiro atoms. The Hall–Kier alpha value is -0.780. The molecule has 2 fully saturated rings. The molecule has 0 radical (unpaired) electrons. The third-order valence-corrected chi connectivity index (χ3v) is 4.69. The Morgan fingerprint density at radius 3 is 2.35 bits per heavy atom. The molecule has 0 bridgehead atoms. The van der Waals surface area contributed by atoms with Gasteiger partial charge in [-0.15, -0.1) is 0 Å². The largest absolute Gasteiger partial charge is 0.481 e. The number of alkyl halides is 3. The van der Waals surface area contributed by atoms with Crippen LogP contribution in [0.5, 0.6) is 0 Å². The van der Waals surface area contributed by atoms with E-state index in [0.717, 1.165) is 25.9 Å². The molecule has 1 aliphatic carbocycles. The van der Waals surface area contributed by atoms with E-state index in [1.54, 1.807) is 0 Å². The Labute approximate surface area is 117 Å². The van der Waals surface area contributed by atoms with Crippen molar-refractivity contribution in [3.05, 3.63) is 0 Å². The zero-order valence-corrected chi connectivity index (χ0v) is 11.5. The summed E-state index contributed by atoms with van der Waals surface area (Å²) in [6.45, 7) is 1.63. The summed E-state index contributed by atoms with van der Waals surface area (Å²) >= 11 is 0. The molecular weight excluding hydrogens is 271 g/mol. The van der Waals surface area contributed by atoms with Crippen LogP contribution >= 0.6 is 0 Å². The molecule has 6 heteroatoms. The topological polar surface area (TPSA) is 40.5 Å². The number of halogens is 3. The minimum atomic E-state index is -4.06. The first-order valence-electron chi connectivity index (χ1n) is 7.39. The van der Waals surface area contributed by atoms with E-state index in [1.807, 2.05) is 0 Å². The van der Waals surface area contributed by atoms with Crippen LogP contribution in [0.3, 0.4) is 0 Å². The molecule has 0 aromatic carbocycles. The number of hydrogen-bond donors (Lipinski definition) is 1. The summed E-state index contributed by atoms with van der Waals surface area (Å²) in [5.74, 6) is -1.77. The molecule has 1 saturated heterocycles. The first-order chi connectivity index (χ1) is 9.36. The molecule has 1 N–H and O–H groups in total. The van der Waals surface area contributed by atoms with E-state index in [4.69, 9.17) is 5.11 Å². The lowest BCUT2D eigenvalue weighted by Crippen LogP contribution is -2.45. The Balaban J connectivity index is 1.82. The summed E-state index contributed by atoms with van der Waals surface area (Å²) in [5.41, 5.74) is 0.